The highest BCUT2D eigenvalue weighted by Crippen LogP contribution is 2.25. The minimum Gasteiger partial charge on any atom is -0.457 e. The van der Waals surface area contributed by atoms with Gasteiger partial charge in [-0.05, 0) is 80.2 Å². The Hall–Kier alpha value is -3.32. The SMILES string of the molecule is NC(=O)C(C1=NCCC(C2CCNCC2)N1)=C(N)c1ccc(Oc2ccccc2)cc1. The zero-order valence-corrected chi connectivity index (χ0v) is 17.5. The topological polar surface area (TPSA) is 115 Å². The van der Waals surface area contributed by atoms with Crippen LogP contribution < -0.4 is 26.8 Å². The highest BCUT2D eigenvalue weighted by Gasteiger charge is 2.29. The van der Waals surface area contributed by atoms with Gasteiger partial charge in [-0.15, -0.1) is 0 Å². The normalized spacial score (nSPS) is 20.3. The van der Waals surface area contributed by atoms with Crippen molar-refractivity contribution in [2.24, 2.45) is 22.4 Å². The molecule has 31 heavy (non-hydrogen) atoms. The third-order valence-corrected chi connectivity index (χ3v) is 5.88. The second-order valence-electron chi connectivity index (χ2n) is 7.95. The van der Waals surface area contributed by atoms with E-state index in [1.165, 1.54) is 0 Å². The molecule has 1 atom stereocenters. The Kier molecular flexibility index (Phi) is 6.52. The molecule has 7 nitrogen and oxygen atoms in total. The number of amidine groups is 1. The van der Waals surface area contributed by atoms with Crippen molar-refractivity contribution in [2.45, 2.75) is 25.3 Å². The first-order chi connectivity index (χ1) is 15.1. The summed E-state index contributed by atoms with van der Waals surface area (Å²) in [6.45, 7) is 2.70. The minimum absolute atomic E-state index is 0.246. The molecule has 1 fully saturated rings. The number of nitrogens with zero attached hydrogens (tertiary/aromatic N) is 1. The maximum absolute atomic E-state index is 12.3. The Labute approximate surface area is 182 Å². The first-order valence-corrected chi connectivity index (χ1v) is 10.8. The molecule has 2 aliphatic heterocycles. The molecule has 2 aromatic carbocycles. The van der Waals surface area contributed by atoms with Crippen molar-refractivity contribution in [3.05, 3.63) is 65.7 Å². The van der Waals surface area contributed by atoms with Gasteiger partial charge in [-0.1, -0.05) is 18.2 Å². The number of benzene rings is 2. The van der Waals surface area contributed by atoms with Crippen LogP contribution in [0.2, 0.25) is 0 Å². The number of para-hydroxylation sites is 1. The second kappa shape index (κ2) is 9.66. The summed E-state index contributed by atoms with van der Waals surface area (Å²) in [6, 6.07) is 17.1. The fraction of sp³-hybridized carbons (Fsp3) is 0.333. The molecule has 0 aromatic heterocycles. The van der Waals surface area contributed by atoms with Gasteiger partial charge in [0.05, 0.1) is 5.70 Å². The summed E-state index contributed by atoms with van der Waals surface area (Å²) >= 11 is 0. The molecule has 0 radical (unpaired) electrons. The monoisotopic (exact) mass is 419 g/mol. The first kappa shape index (κ1) is 20.9. The molecule has 1 saturated heterocycles. The van der Waals surface area contributed by atoms with Crippen LogP contribution in [0.5, 0.6) is 11.5 Å². The predicted octanol–water partition coefficient (Wildman–Crippen LogP) is 2.39. The fourth-order valence-electron chi connectivity index (χ4n) is 4.21. The van der Waals surface area contributed by atoms with Crippen molar-refractivity contribution in [3.8, 4) is 11.5 Å². The van der Waals surface area contributed by atoms with Crippen LogP contribution >= 0.6 is 0 Å². The number of hydrogen-bond acceptors (Lipinski definition) is 6. The molecule has 1 unspecified atom stereocenters. The van der Waals surface area contributed by atoms with E-state index in [1.807, 2.05) is 54.6 Å². The maximum Gasteiger partial charge on any atom is 0.254 e. The Bertz CT molecular complexity index is 963. The van der Waals surface area contributed by atoms with Crippen LogP contribution in [0.25, 0.3) is 5.70 Å². The highest BCUT2D eigenvalue weighted by atomic mass is 16.5. The summed E-state index contributed by atoms with van der Waals surface area (Å²) in [5, 5.41) is 6.85. The Morgan fingerprint density at radius 2 is 1.61 bits per heavy atom. The smallest absolute Gasteiger partial charge is 0.254 e. The number of rotatable bonds is 6. The van der Waals surface area contributed by atoms with Crippen LogP contribution in [0.4, 0.5) is 0 Å². The molecule has 1 amide bonds. The van der Waals surface area contributed by atoms with Crippen molar-refractivity contribution in [1.29, 1.82) is 0 Å². The van der Waals surface area contributed by atoms with Gasteiger partial charge in [0, 0.05) is 12.6 Å². The van der Waals surface area contributed by atoms with E-state index in [0.717, 1.165) is 38.1 Å². The van der Waals surface area contributed by atoms with Crippen LogP contribution in [0.15, 0.2) is 65.2 Å². The van der Waals surface area contributed by atoms with E-state index in [1.54, 1.807) is 0 Å². The zero-order valence-electron chi connectivity index (χ0n) is 17.5. The van der Waals surface area contributed by atoms with Gasteiger partial charge in [0.15, 0.2) is 0 Å². The number of nitrogens with two attached hydrogens (primary N) is 2. The number of aliphatic imine (C=N–C) groups is 1. The Morgan fingerprint density at radius 1 is 0.935 bits per heavy atom. The van der Waals surface area contributed by atoms with Gasteiger partial charge in [-0.25, -0.2) is 0 Å². The van der Waals surface area contributed by atoms with E-state index in [2.05, 4.69) is 15.6 Å². The number of carbonyl (C=O) groups is 1. The number of carbonyl (C=O) groups excluding carboxylic acids is 1. The number of piperidine rings is 1. The third kappa shape index (κ3) is 5.06. The molecule has 0 saturated carbocycles. The van der Waals surface area contributed by atoms with E-state index < -0.39 is 5.91 Å². The lowest BCUT2D eigenvalue weighted by Gasteiger charge is -2.34. The van der Waals surface area contributed by atoms with Gasteiger partial charge in [0.2, 0.25) is 0 Å². The molecule has 4 rings (SSSR count). The van der Waals surface area contributed by atoms with Crippen molar-refractivity contribution in [1.82, 2.24) is 10.6 Å². The average Bonchev–Trinajstić information content (AvgIpc) is 2.81. The number of nitrogens with one attached hydrogen (secondary N) is 2. The zero-order chi connectivity index (χ0) is 21.6. The second-order valence-corrected chi connectivity index (χ2v) is 7.95. The summed E-state index contributed by atoms with van der Waals surface area (Å²) < 4.78 is 5.83. The van der Waals surface area contributed by atoms with Gasteiger partial charge in [0.25, 0.3) is 5.91 Å². The number of amides is 1. The van der Waals surface area contributed by atoms with Crippen LogP contribution in [-0.2, 0) is 4.79 Å². The summed E-state index contributed by atoms with van der Waals surface area (Å²) in [5.74, 6) is 1.91. The first-order valence-electron chi connectivity index (χ1n) is 10.8. The molecule has 0 bridgehead atoms. The van der Waals surface area contributed by atoms with E-state index >= 15 is 0 Å². The van der Waals surface area contributed by atoms with Gasteiger partial charge in [-0.2, -0.15) is 0 Å². The van der Waals surface area contributed by atoms with Gasteiger partial charge in [0.1, 0.15) is 22.9 Å². The summed E-state index contributed by atoms with van der Waals surface area (Å²) in [4.78, 5) is 16.9. The largest absolute Gasteiger partial charge is 0.457 e. The van der Waals surface area contributed by atoms with E-state index in [9.17, 15) is 4.79 Å². The van der Waals surface area contributed by atoms with Crippen LogP contribution in [0, 0.1) is 5.92 Å². The average molecular weight is 420 g/mol. The van der Waals surface area contributed by atoms with Gasteiger partial charge < -0.3 is 26.8 Å². The predicted molar refractivity (Wildman–Crippen MR) is 123 cm³/mol. The molecule has 7 heteroatoms. The van der Waals surface area contributed by atoms with Gasteiger partial charge >= 0.3 is 0 Å². The van der Waals surface area contributed by atoms with Gasteiger partial charge in [-0.3, -0.25) is 9.79 Å². The van der Waals surface area contributed by atoms with Crippen molar-refractivity contribution >= 4 is 17.4 Å². The highest BCUT2D eigenvalue weighted by molar-refractivity contribution is 6.25. The lowest BCUT2D eigenvalue weighted by Crippen LogP contribution is -2.49. The quantitative estimate of drug-likeness (QED) is 0.537. The maximum atomic E-state index is 12.3. The fourth-order valence-corrected chi connectivity index (χ4v) is 4.21. The molecule has 2 aliphatic rings. The number of hydrogen-bond donors (Lipinski definition) is 4. The molecule has 0 aliphatic carbocycles. The summed E-state index contributed by atoms with van der Waals surface area (Å²) in [5.41, 5.74) is 13.4. The van der Waals surface area contributed by atoms with Crippen LogP contribution in [-0.4, -0.2) is 37.4 Å². The third-order valence-electron chi connectivity index (χ3n) is 5.88. The lowest BCUT2D eigenvalue weighted by molar-refractivity contribution is -0.114. The summed E-state index contributed by atoms with van der Waals surface area (Å²) in [7, 11) is 0. The molecule has 6 N–H and O–H groups in total. The lowest BCUT2D eigenvalue weighted by atomic mass is 9.87. The number of primary amides is 1. The molecule has 2 aromatic rings. The molecular weight excluding hydrogens is 390 g/mol. The molecule has 2 heterocycles. The van der Waals surface area contributed by atoms with E-state index in [4.69, 9.17) is 16.2 Å². The molecule has 0 spiro atoms. The minimum atomic E-state index is -0.584. The van der Waals surface area contributed by atoms with Crippen LogP contribution in [0.3, 0.4) is 0 Å². The standard InChI is InChI=1S/C24H29N5O2/c25-22(17-6-8-19(9-7-17)31-18-4-2-1-3-5-18)21(23(26)30)24-28-15-12-20(29-24)16-10-13-27-14-11-16/h1-9,16,20,27H,10-15,25H2,(H2,26,30)(H,28,29). The van der Waals surface area contributed by atoms with E-state index in [0.29, 0.717) is 35.3 Å². The van der Waals surface area contributed by atoms with Crippen molar-refractivity contribution in [3.63, 3.8) is 0 Å². The van der Waals surface area contributed by atoms with E-state index in [-0.39, 0.29) is 11.6 Å². The molecular formula is C24H29N5O2. The van der Waals surface area contributed by atoms with Crippen molar-refractivity contribution < 1.29 is 9.53 Å². The molecule has 162 valence electrons. The summed E-state index contributed by atoms with van der Waals surface area (Å²) in [6.07, 6.45) is 3.17. The number of ether oxygens (including phenoxy) is 1. The van der Waals surface area contributed by atoms with Crippen molar-refractivity contribution in [2.75, 3.05) is 19.6 Å². The Morgan fingerprint density at radius 3 is 2.29 bits per heavy atom. The van der Waals surface area contributed by atoms with Crippen LogP contribution in [0.1, 0.15) is 24.8 Å². The Balaban J connectivity index is 1.54.